The average molecular weight is 700 g/mol. The normalized spacial score (nSPS) is 11.6. The summed E-state index contributed by atoms with van der Waals surface area (Å²) in [5.74, 6) is -19.2. The van der Waals surface area contributed by atoms with Crippen LogP contribution in [0.2, 0.25) is 0 Å². The Balaban J connectivity index is -0.000000231. The van der Waals surface area contributed by atoms with Gasteiger partial charge in [0.05, 0.1) is 0 Å². The molecule has 0 atom stereocenters. The van der Waals surface area contributed by atoms with Gasteiger partial charge in [-0.05, 0) is 19.3 Å². The van der Waals surface area contributed by atoms with E-state index < -0.39 is 30.7 Å². The molecule has 3 N–H and O–H groups in total. The third-order valence-electron chi connectivity index (χ3n) is 3.91. The van der Waals surface area contributed by atoms with Crippen LogP contribution in [0.5, 0.6) is 0 Å². The second-order valence-corrected chi connectivity index (χ2v) is 10.4. The van der Waals surface area contributed by atoms with Crippen molar-refractivity contribution in [1.29, 1.82) is 0 Å². The molecule has 0 heterocycles. The van der Waals surface area contributed by atoms with Gasteiger partial charge in [-0.25, -0.2) is 12.1 Å². The van der Waals surface area contributed by atoms with Gasteiger partial charge in [0.2, 0.25) is 0 Å². The number of unbranched alkanes of at least 4 members (excludes halogenated alkanes) is 3. The van der Waals surface area contributed by atoms with Crippen molar-refractivity contribution < 1.29 is 80.7 Å². The fraction of sp³-hybridized carbons (Fsp3) is 0.750. The van der Waals surface area contributed by atoms with Gasteiger partial charge < -0.3 is 15.3 Å². The van der Waals surface area contributed by atoms with Crippen molar-refractivity contribution in [3.05, 3.63) is 24.3 Å². The number of halogens is 9. The zero-order chi connectivity index (χ0) is 26.8. The van der Waals surface area contributed by atoms with E-state index in [-0.39, 0.29) is 38.0 Å². The van der Waals surface area contributed by atoms with Crippen molar-refractivity contribution >= 4 is 13.3 Å². The minimum absolute atomic E-state index is 0. The van der Waals surface area contributed by atoms with Gasteiger partial charge >= 0.3 is 25.5 Å². The number of rotatable bonds is 7. The van der Waals surface area contributed by atoms with Crippen molar-refractivity contribution in [2.24, 2.45) is 0 Å². The van der Waals surface area contributed by atoms with Crippen LogP contribution in [-0.4, -0.2) is 60.6 Å². The summed E-state index contributed by atoms with van der Waals surface area (Å²) < 4.78 is 113. The standard InChI is InChI=1S/C8H4F9Si.3C4H10O.Hf/c9-6(10,11)18(7(12,13)14,8(15,16)17)5-3-1-2-4-5;3*1-2-3-4-5;/h1-4H;3*5H,2-4H2,1H3;/q-1;;;;. The van der Waals surface area contributed by atoms with Gasteiger partial charge in [-0.1, -0.05) is 40.0 Å². The summed E-state index contributed by atoms with van der Waals surface area (Å²) >= 11 is 0. The fourth-order valence-corrected chi connectivity index (χ4v) is 4.71. The molecule has 0 fully saturated rings. The van der Waals surface area contributed by atoms with E-state index in [0.717, 1.165) is 38.5 Å². The quantitative estimate of drug-likeness (QED) is 0.195. The summed E-state index contributed by atoms with van der Waals surface area (Å²) in [7, 11) is -7.72. The smallest absolute Gasteiger partial charge is 0.396 e. The first-order valence-electron chi connectivity index (χ1n) is 10.3. The van der Waals surface area contributed by atoms with Gasteiger partial charge in [-0.2, -0.15) is 51.6 Å². The van der Waals surface area contributed by atoms with E-state index >= 15 is 0 Å². The minimum Gasteiger partial charge on any atom is -0.396 e. The van der Waals surface area contributed by atoms with Crippen LogP contribution in [0.4, 0.5) is 39.5 Å². The molecule has 1 rings (SSSR count). The minimum atomic E-state index is -7.72. The van der Waals surface area contributed by atoms with E-state index in [1.165, 1.54) is 0 Å². The molecule has 0 radical (unpaired) electrons. The van der Waals surface area contributed by atoms with Crippen LogP contribution in [0, 0.1) is 0 Å². The first-order valence-corrected chi connectivity index (χ1v) is 12.3. The van der Waals surface area contributed by atoms with E-state index in [0.29, 0.717) is 32.0 Å². The van der Waals surface area contributed by atoms with Gasteiger partial charge in [-0.15, -0.1) is 5.19 Å². The van der Waals surface area contributed by atoms with Crippen LogP contribution in [0.25, 0.3) is 0 Å². The molecule has 0 unspecified atom stereocenters. The maximum absolute atomic E-state index is 12.6. The molecule has 1 aromatic carbocycles. The Morgan fingerprint density at radius 2 is 0.824 bits per heavy atom. The first-order chi connectivity index (χ1) is 15.1. The number of aliphatic hydroxyl groups excluding tert-OH is 3. The second kappa shape index (κ2) is 20.8. The number of alkyl halides is 9. The summed E-state index contributed by atoms with van der Waals surface area (Å²) in [6.07, 6.45) is 6.11. The maximum Gasteiger partial charge on any atom is 0.399 e. The molecule has 0 amide bonds. The Bertz CT molecular complexity index is 493. The van der Waals surface area contributed by atoms with Gasteiger partial charge in [-0.3, -0.25) is 0 Å². The number of aliphatic hydroxyl groups is 3. The topological polar surface area (TPSA) is 60.7 Å². The molecule has 0 aliphatic carbocycles. The van der Waals surface area contributed by atoms with Crippen LogP contribution in [0.1, 0.15) is 59.3 Å². The van der Waals surface area contributed by atoms with E-state index in [1.54, 1.807) is 0 Å². The van der Waals surface area contributed by atoms with Gasteiger partial charge in [0.1, 0.15) is 0 Å². The molecule has 1 aromatic rings. The van der Waals surface area contributed by atoms with Gasteiger partial charge in [0.15, 0.2) is 0 Å². The summed E-state index contributed by atoms with van der Waals surface area (Å²) in [6, 6.07) is 1.84. The molecule has 14 heteroatoms. The fourth-order valence-electron chi connectivity index (χ4n) is 2.07. The van der Waals surface area contributed by atoms with Gasteiger partial charge in [0, 0.05) is 45.7 Å². The van der Waals surface area contributed by atoms with Crippen molar-refractivity contribution in [3.63, 3.8) is 0 Å². The Hall–Kier alpha value is -0.313. The monoisotopic (exact) mass is 701 g/mol. The third kappa shape index (κ3) is 14.3. The predicted octanol–water partition coefficient (Wildman–Crippen LogP) is 5.70. The summed E-state index contributed by atoms with van der Waals surface area (Å²) in [5, 5.41) is 22.4. The van der Waals surface area contributed by atoms with Crippen molar-refractivity contribution in [2.75, 3.05) is 19.8 Å². The molecule has 204 valence electrons. The van der Waals surface area contributed by atoms with Crippen LogP contribution in [0.3, 0.4) is 0 Å². The molecular weight excluding hydrogens is 666 g/mol. The van der Waals surface area contributed by atoms with E-state index in [4.69, 9.17) is 15.3 Å². The van der Waals surface area contributed by atoms with Crippen LogP contribution in [0.15, 0.2) is 24.3 Å². The van der Waals surface area contributed by atoms with Crippen LogP contribution >= 0.6 is 0 Å². The summed E-state index contributed by atoms with van der Waals surface area (Å²) in [6.45, 7) is 7.19. The third-order valence-corrected chi connectivity index (χ3v) is 7.66. The molecule has 0 bridgehead atoms. The molecule has 0 saturated heterocycles. The second-order valence-electron chi connectivity index (χ2n) is 6.65. The van der Waals surface area contributed by atoms with E-state index in [9.17, 15) is 39.5 Å². The predicted molar refractivity (Wildman–Crippen MR) is 112 cm³/mol. The zero-order valence-corrected chi connectivity index (χ0v) is 24.0. The Kier molecular flexibility index (Phi) is 25.0. The molecule has 0 aliphatic heterocycles. The molecule has 34 heavy (non-hydrogen) atoms. The molecule has 0 aliphatic rings. The molecule has 0 aromatic heterocycles. The van der Waals surface area contributed by atoms with Crippen molar-refractivity contribution in [1.82, 2.24) is 0 Å². The van der Waals surface area contributed by atoms with E-state index in [1.807, 2.05) is 0 Å². The first kappa shape index (κ1) is 40.8. The van der Waals surface area contributed by atoms with Crippen molar-refractivity contribution in [3.8, 4) is 0 Å². The average Bonchev–Trinajstić information content (AvgIpc) is 3.16. The van der Waals surface area contributed by atoms with Crippen LogP contribution in [-0.2, 0) is 25.8 Å². The van der Waals surface area contributed by atoms with Gasteiger partial charge in [0.25, 0.3) is 0 Å². The molecule has 0 spiro atoms. The SMILES string of the molecule is CCCCO.CCCCO.CCCCO.FC(F)(F)[Si]([c-]1cccc1)(C(F)(F)F)C(F)(F)F.[Hf]. The number of hydrogen-bond donors (Lipinski definition) is 3. The molecule has 3 nitrogen and oxygen atoms in total. The Morgan fingerprint density at radius 3 is 0.941 bits per heavy atom. The molecular formula is C20H34F9HfO3Si-. The van der Waals surface area contributed by atoms with Crippen LogP contribution < -0.4 is 5.19 Å². The largest absolute Gasteiger partial charge is 0.399 e. The Morgan fingerprint density at radius 1 is 0.588 bits per heavy atom. The summed E-state index contributed by atoms with van der Waals surface area (Å²) in [4.78, 5) is 0. The van der Waals surface area contributed by atoms with E-state index in [2.05, 4.69) is 20.8 Å². The number of hydrogen-bond acceptors (Lipinski definition) is 3. The summed E-state index contributed by atoms with van der Waals surface area (Å²) in [5.41, 5.74) is 0. The maximum atomic E-state index is 12.6. The zero-order valence-electron chi connectivity index (χ0n) is 19.4. The Labute approximate surface area is 214 Å². The van der Waals surface area contributed by atoms with Crippen molar-refractivity contribution in [2.45, 2.75) is 76.7 Å². The molecule has 0 saturated carbocycles.